The van der Waals surface area contributed by atoms with Gasteiger partial charge in [0.15, 0.2) is 5.54 Å². The number of nitrogens with one attached hydrogen (secondary N) is 2. The Kier molecular flexibility index (Phi) is 7.55. The first-order chi connectivity index (χ1) is 13.7. The first-order valence-electron chi connectivity index (χ1n) is 9.97. The molecule has 172 valence electrons. The van der Waals surface area contributed by atoms with Crippen LogP contribution in [0.1, 0.15) is 39.5 Å². The minimum Gasteiger partial charge on any atom is -0.479 e. The number of rotatable bonds is 11. The van der Waals surface area contributed by atoms with Crippen LogP contribution in [0.3, 0.4) is 0 Å². The standard InChI is InChI=1S/C16H32BN5O7S/c1-10(18)13(23)20-16(14(24)25)9-22(8-12(16)4-3-7-17(26)27)30(28,29)21-11(2)15(19)5-6-15/h10-12,21,26-27H,3-9,18-19H2,1-2H3,(H,20,23)(H,24,25)/t10-,11-,12-,16-/m0/s1. The van der Waals surface area contributed by atoms with E-state index >= 15 is 0 Å². The molecule has 14 heteroatoms. The number of hydrogen-bond acceptors (Lipinski definition) is 8. The summed E-state index contributed by atoms with van der Waals surface area (Å²) in [5, 5.41) is 30.5. The molecular formula is C16H32BN5O7S. The van der Waals surface area contributed by atoms with Crippen LogP contribution in [0.15, 0.2) is 0 Å². The van der Waals surface area contributed by atoms with E-state index in [0.29, 0.717) is 12.8 Å². The van der Waals surface area contributed by atoms with E-state index in [4.69, 9.17) is 21.5 Å². The molecular weight excluding hydrogens is 417 g/mol. The fourth-order valence-corrected chi connectivity index (χ4v) is 5.29. The maximum Gasteiger partial charge on any atom is 0.451 e. The molecule has 0 radical (unpaired) electrons. The Morgan fingerprint density at radius 1 is 1.30 bits per heavy atom. The van der Waals surface area contributed by atoms with Gasteiger partial charge >= 0.3 is 13.1 Å². The third-order valence-electron chi connectivity index (χ3n) is 6.06. The summed E-state index contributed by atoms with van der Waals surface area (Å²) in [5.74, 6) is -2.89. The molecule has 0 aromatic rings. The van der Waals surface area contributed by atoms with E-state index in [2.05, 4.69) is 10.0 Å². The molecule has 12 nitrogen and oxygen atoms in total. The Hall–Kier alpha value is -1.29. The van der Waals surface area contributed by atoms with Gasteiger partial charge in [0.2, 0.25) is 5.91 Å². The molecule has 1 heterocycles. The summed E-state index contributed by atoms with van der Waals surface area (Å²) in [6.07, 6.45) is 1.75. The highest BCUT2D eigenvalue weighted by Crippen LogP contribution is 2.37. The lowest BCUT2D eigenvalue weighted by Crippen LogP contribution is -2.63. The molecule has 2 fully saturated rings. The number of carboxylic acids is 1. The van der Waals surface area contributed by atoms with Crippen molar-refractivity contribution < 1.29 is 33.2 Å². The van der Waals surface area contributed by atoms with Crippen LogP contribution in [-0.4, -0.2) is 83.1 Å². The summed E-state index contributed by atoms with van der Waals surface area (Å²) in [7, 11) is -5.64. The van der Waals surface area contributed by atoms with Gasteiger partial charge < -0.3 is 31.9 Å². The molecule has 1 amide bonds. The predicted molar refractivity (Wildman–Crippen MR) is 109 cm³/mol. The minimum atomic E-state index is -4.08. The summed E-state index contributed by atoms with van der Waals surface area (Å²) in [6.45, 7) is 2.41. The summed E-state index contributed by atoms with van der Waals surface area (Å²) >= 11 is 0. The second kappa shape index (κ2) is 9.06. The van der Waals surface area contributed by atoms with E-state index in [0.717, 1.165) is 4.31 Å². The van der Waals surface area contributed by atoms with Crippen LogP contribution in [0.5, 0.6) is 0 Å². The number of carboxylic acid groups (broad SMARTS) is 1. The maximum absolute atomic E-state index is 12.9. The molecule has 4 atom stereocenters. The van der Waals surface area contributed by atoms with Gasteiger partial charge in [-0.1, -0.05) is 6.42 Å². The molecule has 0 bridgehead atoms. The van der Waals surface area contributed by atoms with E-state index < -0.39 is 64.8 Å². The van der Waals surface area contributed by atoms with Gasteiger partial charge in [-0.25, -0.2) is 4.79 Å². The Morgan fingerprint density at radius 2 is 1.90 bits per heavy atom. The predicted octanol–water partition coefficient (Wildman–Crippen LogP) is -2.83. The summed E-state index contributed by atoms with van der Waals surface area (Å²) in [6, 6.07) is -1.53. The van der Waals surface area contributed by atoms with Crippen molar-refractivity contribution in [3.8, 4) is 0 Å². The highest BCUT2D eigenvalue weighted by atomic mass is 32.2. The number of nitrogens with zero attached hydrogens (tertiary/aromatic N) is 1. The summed E-state index contributed by atoms with van der Waals surface area (Å²) in [4.78, 5) is 24.5. The van der Waals surface area contributed by atoms with E-state index in [-0.39, 0.29) is 25.7 Å². The van der Waals surface area contributed by atoms with E-state index in [1.165, 1.54) is 6.92 Å². The lowest BCUT2D eigenvalue weighted by Gasteiger charge is -2.32. The van der Waals surface area contributed by atoms with Crippen LogP contribution in [-0.2, 0) is 19.8 Å². The number of carbonyl (C=O) groups is 2. The van der Waals surface area contributed by atoms with Gasteiger partial charge in [-0.2, -0.15) is 17.4 Å². The van der Waals surface area contributed by atoms with Crippen LogP contribution in [0.2, 0.25) is 6.32 Å². The number of amides is 1. The van der Waals surface area contributed by atoms with Crippen LogP contribution in [0.25, 0.3) is 0 Å². The van der Waals surface area contributed by atoms with Crippen LogP contribution < -0.4 is 21.5 Å². The minimum absolute atomic E-state index is 0.00877. The van der Waals surface area contributed by atoms with Gasteiger partial charge in [0, 0.05) is 30.6 Å². The normalized spacial score (nSPS) is 28.0. The van der Waals surface area contributed by atoms with E-state index in [9.17, 15) is 23.1 Å². The Labute approximate surface area is 176 Å². The van der Waals surface area contributed by atoms with Crippen molar-refractivity contribution in [2.75, 3.05) is 13.1 Å². The fraction of sp³-hybridized carbons (Fsp3) is 0.875. The Balaban J connectivity index is 2.27. The number of carbonyl (C=O) groups excluding carboxylic acids is 1. The molecule has 1 saturated heterocycles. The first kappa shape index (κ1) is 25.0. The van der Waals surface area contributed by atoms with Crippen molar-refractivity contribution >= 4 is 29.2 Å². The van der Waals surface area contributed by atoms with Crippen molar-refractivity contribution in [2.24, 2.45) is 17.4 Å². The molecule has 30 heavy (non-hydrogen) atoms. The average Bonchev–Trinajstić information content (AvgIpc) is 3.25. The maximum atomic E-state index is 12.9. The highest BCUT2D eigenvalue weighted by molar-refractivity contribution is 7.87. The highest BCUT2D eigenvalue weighted by Gasteiger charge is 2.56. The molecule has 0 aromatic heterocycles. The van der Waals surface area contributed by atoms with Crippen molar-refractivity contribution in [3.63, 3.8) is 0 Å². The molecule has 0 aromatic carbocycles. The van der Waals surface area contributed by atoms with Crippen molar-refractivity contribution in [3.05, 3.63) is 0 Å². The molecule has 0 spiro atoms. The van der Waals surface area contributed by atoms with Crippen molar-refractivity contribution in [2.45, 2.75) is 69.0 Å². The summed E-state index contributed by atoms with van der Waals surface area (Å²) in [5.41, 5.74) is 9.13. The van der Waals surface area contributed by atoms with Crippen LogP contribution in [0.4, 0.5) is 0 Å². The lowest BCUT2D eigenvalue weighted by molar-refractivity contribution is -0.149. The SMILES string of the molecule is C[C@H](N)C(=O)N[C@@]1(C(=O)O)CN(S(=O)(=O)N[C@@H](C)C2(N)CC2)C[C@@H]1CCCB(O)O. The monoisotopic (exact) mass is 449 g/mol. The summed E-state index contributed by atoms with van der Waals surface area (Å²) < 4.78 is 29.4. The zero-order chi connectivity index (χ0) is 22.9. The molecule has 0 unspecified atom stereocenters. The van der Waals surface area contributed by atoms with Gasteiger partial charge in [-0.05, 0) is 39.4 Å². The molecule has 1 saturated carbocycles. The lowest BCUT2D eigenvalue weighted by atomic mass is 9.78. The topological polar surface area (TPSA) is 208 Å². The Morgan fingerprint density at radius 3 is 2.37 bits per heavy atom. The molecule has 2 rings (SSSR count). The smallest absolute Gasteiger partial charge is 0.451 e. The average molecular weight is 449 g/mol. The largest absolute Gasteiger partial charge is 0.479 e. The van der Waals surface area contributed by atoms with Crippen molar-refractivity contribution in [1.82, 2.24) is 14.3 Å². The third-order valence-corrected chi connectivity index (χ3v) is 7.67. The van der Waals surface area contributed by atoms with E-state index in [1.54, 1.807) is 6.92 Å². The van der Waals surface area contributed by atoms with Crippen LogP contribution in [0, 0.1) is 5.92 Å². The van der Waals surface area contributed by atoms with Crippen LogP contribution >= 0.6 is 0 Å². The zero-order valence-electron chi connectivity index (χ0n) is 17.2. The first-order valence-corrected chi connectivity index (χ1v) is 11.4. The molecule has 2 aliphatic rings. The van der Waals surface area contributed by atoms with Gasteiger partial charge in [-0.3, -0.25) is 4.79 Å². The van der Waals surface area contributed by atoms with Gasteiger partial charge in [0.05, 0.1) is 6.04 Å². The second-order valence-corrected chi connectivity index (χ2v) is 10.2. The third kappa shape index (κ3) is 5.49. The van der Waals surface area contributed by atoms with Gasteiger partial charge in [0.1, 0.15) is 0 Å². The van der Waals surface area contributed by atoms with Gasteiger partial charge in [0.25, 0.3) is 10.2 Å². The molecule has 1 aliphatic heterocycles. The number of nitrogens with two attached hydrogens (primary N) is 2. The number of aliphatic carboxylic acids is 1. The number of hydrogen-bond donors (Lipinski definition) is 7. The van der Waals surface area contributed by atoms with Crippen molar-refractivity contribution in [1.29, 1.82) is 0 Å². The quantitative estimate of drug-likeness (QED) is 0.162. The molecule has 1 aliphatic carbocycles. The fourth-order valence-electron chi connectivity index (χ4n) is 3.70. The van der Waals surface area contributed by atoms with Gasteiger partial charge in [-0.15, -0.1) is 0 Å². The second-order valence-electron chi connectivity index (χ2n) is 8.53. The van der Waals surface area contributed by atoms with E-state index in [1.807, 2.05) is 0 Å². The Bertz CT molecular complexity index is 761. The molecule has 9 N–H and O–H groups in total. The zero-order valence-corrected chi connectivity index (χ0v) is 18.1.